The number of rotatable bonds is 4. The number of hydrogen-bond donors (Lipinski definition) is 2. The van der Waals surface area contributed by atoms with E-state index in [1.807, 2.05) is 0 Å². The molecule has 5 heteroatoms. The number of aliphatic carboxylic acids is 2. The minimum atomic E-state index is -1.59. The fraction of sp³-hybridized carbons (Fsp3) is 0.571. The smallest absolute Gasteiger partial charge is 0.372 e. The van der Waals surface area contributed by atoms with Gasteiger partial charge in [-0.3, -0.25) is 9.59 Å². The largest absolute Gasteiger partial charge is 0.481 e. The molecule has 12 heavy (non-hydrogen) atoms. The molecular weight excluding hydrogens is 164 g/mol. The summed E-state index contributed by atoms with van der Waals surface area (Å²) in [7, 11) is 0. The quantitative estimate of drug-likeness (QED) is 0.585. The average Bonchev–Trinajstić information content (AvgIpc) is 2.00. The Morgan fingerprint density at radius 1 is 1.00 bits per heavy atom. The van der Waals surface area contributed by atoms with Gasteiger partial charge in [0.05, 0.1) is 5.92 Å². The van der Waals surface area contributed by atoms with E-state index in [1.54, 1.807) is 0 Å². The molecule has 0 saturated carbocycles. The summed E-state index contributed by atoms with van der Waals surface area (Å²) in [4.78, 5) is 31.2. The first-order valence-electron chi connectivity index (χ1n) is 3.37. The van der Waals surface area contributed by atoms with Crippen LogP contribution in [0.15, 0.2) is 0 Å². The van der Waals surface area contributed by atoms with E-state index in [0.29, 0.717) is 0 Å². The van der Waals surface area contributed by atoms with Crippen molar-refractivity contribution in [2.75, 3.05) is 0 Å². The molecule has 2 N–H and O–H groups in total. The maximum atomic E-state index is 10.7. The number of carbonyl (C=O) groups is 3. The first kappa shape index (κ1) is 10.6. The van der Waals surface area contributed by atoms with Crippen molar-refractivity contribution in [3.05, 3.63) is 0 Å². The number of carbonyl (C=O) groups excluding carboxylic acids is 1. The van der Waals surface area contributed by atoms with Gasteiger partial charge < -0.3 is 10.2 Å². The number of hydrogen-bond acceptors (Lipinski definition) is 3. The van der Waals surface area contributed by atoms with E-state index in [9.17, 15) is 14.4 Å². The highest BCUT2D eigenvalue weighted by atomic mass is 16.4. The molecule has 0 aromatic heterocycles. The van der Waals surface area contributed by atoms with Gasteiger partial charge in [0.25, 0.3) is 0 Å². The Morgan fingerprint density at radius 3 is 1.67 bits per heavy atom. The molecule has 0 aromatic carbocycles. The molecule has 2 atom stereocenters. The van der Waals surface area contributed by atoms with Crippen LogP contribution < -0.4 is 0 Å². The molecule has 5 nitrogen and oxygen atoms in total. The standard InChI is InChI=1S/C7H10O5/c1-3(4(2)6(9)10)5(8)7(11)12/h3-4H,1-2H3,(H,9,10)(H,11,12). The molecular formula is C7H10O5. The lowest BCUT2D eigenvalue weighted by atomic mass is 9.92. The summed E-state index contributed by atoms with van der Waals surface area (Å²) in [6.07, 6.45) is 0. The molecule has 0 rings (SSSR count). The summed E-state index contributed by atoms with van der Waals surface area (Å²) in [6, 6.07) is 0. The number of carboxylic acid groups (broad SMARTS) is 2. The van der Waals surface area contributed by atoms with Gasteiger partial charge in [0.2, 0.25) is 5.78 Å². The summed E-state index contributed by atoms with van der Waals surface area (Å²) in [5.74, 6) is -5.77. The Bertz CT molecular complexity index is 220. The number of ketones is 1. The predicted octanol–water partition coefficient (Wildman–Crippen LogP) is -0.00310. The van der Waals surface area contributed by atoms with Crippen LogP contribution in [0.5, 0.6) is 0 Å². The average molecular weight is 174 g/mol. The Morgan fingerprint density at radius 2 is 1.42 bits per heavy atom. The molecule has 68 valence electrons. The van der Waals surface area contributed by atoms with Crippen molar-refractivity contribution in [1.29, 1.82) is 0 Å². The second-order valence-corrected chi connectivity index (χ2v) is 2.58. The van der Waals surface area contributed by atoms with Crippen LogP contribution in [0.4, 0.5) is 0 Å². The van der Waals surface area contributed by atoms with E-state index >= 15 is 0 Å². The Kier molecular flexibility index (Phi) is 3.40. The van der Waals surface area contributed by atoms with Crippen LogP contribution in [0, 0.1) is 11.8 Å². The lowest BCUT2D eigenvalue weighted by molar-refractivity contribution is -0.154. The molecule has 0 aliphatic heterocycles. The van der Waals surface area contributed by atoms with Crippen molar-refractivity contribution in [1.82, 2.24) is 0 Å². The monoisotopic (exact) mass is 174 g/mol. The van der Waals surface area contributed by atoms with Crippen molar-refractivity contribution in [2.45, 2.75) is 13.8 Å². The van der Waals surface area contributed by atoms with Crippen LogP contribution >= 0.6 is 0 Å². The molecule has 0 heterocycles. The second kappa shape index (κ2) is 3.85. The minimum Gasteiger partial charge on any atom is -0.481 e. The number of Topliss-reactive ketones (excluding diaryl/α,β-unsaturated/α-hetero) is 1. The van der Waals surface area contributed by atoms with Crippen LogP contribution in [0.2, 0.25) is 0 Å². The van der Waals surface area contributed by atoms with Gasteiger partial charge in [0.15, 0.2) is 0 Å². The van der Waals surface area contributed by atoms with Gasteiger partial charge in [-0.25, -0.2) is 4.79 Å². The van der Waals surface area contributed by atoms with E-state index in [4.69, 9.17) is 10.2 Å². The highest BCUT2D eigenvalue weighted by Gasteiger charge is 2.29. The zero-order chi connectivity index (χ0) is 9.89. The Balaban J connectivity index is 4.39. The fourth-order valence-corrected chi connectivity index (χ4v) is 0.636. The third-order valence-corrected chi connectivity index (χ3v) is 1.76. The normalized spacial score (nSPS) is 14.8. The van der Waals surface area contributed by atoms with E-state index < -0.39 is 29.6 Å². The van der Waals surface area contributed by atoms with E-state index in [0.717, 1.165) is 0 Å². The van der Waals surface area contributed by atoms with Gasteiger partial charge in [-0.1, -0.05) is 13.8 Å². The van der Waals surface area contributed by atoms with Gasteiger partial charge in [0.1, 0.15) is 0 Å². The third kappa shape index (κ3) is 2.34. The second-order valence-electron chi connectivity index (χ2n) is 2.58. The molecule has 0 radical (unpaired) electrons. The zero-order valence-electron chi connectivity index (χ0n) is 6.77. The molecule has 0 amide bonds. The SMILES string of the molecule is CC(C(=O)O)C(C)C(=O)C(=O)O. The Hall–Kier alpha value is -1.39. The van der Waals surface area contributed by atoms with Crippen LogP contribution in [-0.2, 0) is 14.4 Å². The van der Waals surface area contributed by atoms with E-state index in [-0.39, 0.29) is 0 Å². The lowest BCUT2D eigenvalue weighted by Crippen LogP contribution is -2.30. The van der Waals surface area contributed by atoms with Crippen LogP contribution in [0.3, 0.4) is 0 Å². The molecule has 0 aliphatic rings. The summed E-state index contributed by atoms with van der Waals surface area (Å²) in [6.45, 7) is 2.59. The maximum Gasteiger partial charge on any atom is 0.372 e. The van der Waals surface area contributed by atoms with Gasteiger partial charge in [-0.2, -0.15) is 0 Å². The molecule has 0 fully saturated rings. The summed E-state index contributed by atoms with van der Waals surface area (Å²) < 4.78 is 0. The van der Waals surface area contributed by atoms with Crippen molar-refractivity contribution >= 4 is 17.7 Å². The van der Waals surface area contributed by atoms with Gasteiger partial charge in [0, 0.05) is 5.92 Å². The summed E-state index contributed by atoms with van der Waals surface area (Å²) in [5.41, 5.74) is 0. The Labute approximate surface area is 69.0 Å². The lowest BCUT2D eigenvalue weighted by Gasteiger charge is -2.11. The molecule has 0 spiro atoms. The van der Waals surface area contributed by atoms with Crippen molar-refractivity contribution < 1.29 is 24.6 Å². The van der Waals surface area contributed by atoms with Crippen molar-refractivity contribution in [3.63, 3.8) is 0 Å². The van der Waals surface area contributed by atoms with Crippen LogP contribution in [0.1, 0.15) is 13.8 Å². The molecule has 0 aromatic rings. The van der Waals surface area contributed by atoms with E-state index in [1.165, 1.54) is 13.8 Å². The molecule has 0 bridgehead atoms. The van der Waals surface area contributed by atoms with Gasteiger partial charge in [-0.05, 0) is 0 Å². The molecule has 2 unspecified atom stereocenters. The topological polar surface area (TPSA) is 91.7 Å². The van der Waals surface area contributed by atoms with Crippen LogP contribution in [-0.4, -0.2) is 27.9 Å². The first-order valence-corrected chi connectivity index (χ1v) is 3.37. The number of carboxylic acids is 2. The van der Waals surface area contributed by atoms with Crippen LogP contribution in [0.25, 0.3) is 0 Å². The third-order valence-electron chi connectivity index (χ3n) is 1.76. The van der Waals surface area contributed by atoms with Gasteiger partial charge in [-0.15, -0.1) is 0 Å². The maximum absolute atomic E-state index is 10.7. The predicted molar refractivity (Wildman–Crippen MR) is 38.6 cm³/mol. The van der Waals surface area contributed by atoms with E-state index in [2.05, 4.69) is 0 Å². The minimum absolute atomic E-state index is 0.964. The molecule has 0 aliphatic carbocycles. The summed E-state index contributed by atoms with van der Waals surface area (Å²) in [5, 5.41) is 16.7. The fourth-order valence-electron chi connectivity index (χ4n) is 0.636. The highest BCUT2D eigenvalue weighted by molar-refractivity contribution is 6.33. The first-order chi connectivity index (χ1) is 5.37. The zero-order valence-corrected chi connectivity index (χ0v) is 6.77. The molecule has 0 saturated heterocycles. The highest BCUT2D eigenvalue weighted by Crippen LogP contribution is 2.11. The van der Waals surface area contributed by atoms with Crippen molar-refractivity contribution in [2.24, 2.45) is 11.8 Å². The van der Waals surface area contributed by atoms with Gasteiger partial charge >= 0.3 is 11.9 Å². The summed E-state index contributed by atoms with van der Waals surface area (Å²) >= 11 is 0. The van der Waals surface area contributed by atoms with Crippen molar-refractivity contribution in [3.8, 4) is 0 Å².